The molecular weight excluding hydrogens is 319 g/mol. The molecule has 1 aromatic carbocycles. The number of nitrogens with zero attached hydrogens (tertiary/aromatic N) is 2. The second kappa shape index (κ2) is 7.64. The molecule has 0 spiro atoms. The Hall–Kier alpha value is -2.43. The predicted octanol–water partition coefficient (Wildman–Crippen LogP) is 3.10. The highest BCUT2D eigenvalue weighted by atomic mass is 19.1. The number of aromatic nitrogens is 1. The molecule has 1 aliphatic heterocycles. The van der Waals surface area contributed by atoms with Crippen molar-refractivity contribution in [3.63, 3.8) is 0 Å². The maximum Gasteiger partial charge on any atom is 0.254 e. The highest BCUT2D eigenvalue weighted by Crippen LogP contribution is 2.23. The molecule has 1 aromatic heterocycles. The lowest BCUT2D eigenvalue weighted by Gasteiger charge is -2.32. The summed E-state index contributed by atoms with van der Waals surface area (Å²) in [7, 11) is 0. The number of amides is 1. The zero-order chi connectivity index (χ0) is 17.8. The molecule has 1 amide bonds. The highest BCUT2D eigenvalue weighted by molar-refractivity contribution is 5.94. The minimum absolute atomic E-state index is 0.0689. The molecule has 3 rings (SSSR count). The number of carbonyl (C=O) groups is 1. The highest BCUT2D eigenvalue weighted by Gasteiger charge is 2.24. The van der Waals surface area contributed by atoms with Crippen molar-refractivity contribution in [2.24, 2.45) is 5.92 Å². The lowest BCUT2D eigenvalue weighted by molar-refractivity contribution is 0.0690. The SMILES string of the molecule is CCn1ccc(C(=O)N2CCC(Cc3ccc(F)cc3)CC2)cc1=O. The first kappa shape index (κ1) is 17.4. The van der Waals surface area contributed by atoms with Gasteiger partial charge >= 0.3 is 0 Å². The molecule has 0 saturated carbocycles. The predicted molar refractivity (Wildman–Crippen MR) is 95.1 cm³/mol. The van der Waals surface area contributed by atoms with Crippen molar-refractivity contribution in [1.29, 1.82) is 0 Å². The van der Waals surface area contributed by atoms with E-state index in [1.807, 2.05) is 24.0 Å². The standard InChI is InChI=1S/C20H23FN2O2/c1-2-22-12-9-17(14-19(22)24)20(25)23-10-7-16(8-11-23)13-15-3-5-18(21)6-4-15/h3-6,9,12,14,16H,2,7-8,10-11,13H2,1H3. The first-order valence-electron chi connectivity index (χ1n) is 8.81. The van der Waals surface area contributed by atoms with E-state index in [9.17, 15) is 14.0 Å². The zero-order valence-electron chi connectivity index (χ0n) is 14.5. The number of hydrogen-bond donors (Lipinski definition) is 0. The van der Waals surface area contributed by atoms with Crippen LogP contribution in [0.1, 0.15) is 35.7 Å². The van der Waals surface area contributed by atoms with Gasteiger partial charge < -0.3 is 9.47 Å². The van der Waals surface area contributed by atoms with Gasteiger partial charge in [0.15, 0.2) is 0 Å². The Morgan fingerprint density at radius 1 is 1.16 bits per heavy atom. The van der Waals surface area contributed by atoms with Crippen molar-refractivity contribution in [3.8, 4) is 0 Å². The third kappa shape index (κ3) is 4.16. The normalized spacial score (nSPS) is 15.4. The van der Waals surface area contributed by atoms with Crippen LogP contribution in [0.3, 0.4) is 0 Å². The first-order valence-corrected chi connectivity index (χ1v) is 8.81. The topological polar surface area (TPSA) is 42.3 Å². The van der Waals surface area contributed by atoms with Crippen LogP contribution in [0.2, 0.25) is 0 Å². The number of carbonyl (C=O) groups excluding carboxylic acids is 1. The van der Waals surface area contributed by atoms with E-state index in [-0.39, 0.29) is 17.3 Å². The van der Waals surface area contributed by atoms with E-state index in [1.54, 1.807) is 16.8 Å². The molecule has 0 radical (unpaired) electrons. The van der Waals surface area contributed by atoms with Gasteiger partial charge in [0.1, 0.15) is 5.82 Å². The van der Waals surface area contributed by atoms with Crippen LogP contribution < -0.4 is 5.56 Å². The van der Waals surface area contributed by atoms with E-state index >= 15 is 0 Å². The number of likely N-dealkylation sites (tertiary alicyclic amines) is 1. The molecular formula is C20H23FN2O2. The summed E-state index contributed by atoms with van der Waals surface area (Å²) < 4.78 is 14.5. The molecule has 25 heavy (non-hydrogen) atoms. The molecule has 2 heterocycles. The van der Waals surface area contributed by atoms with E-state index < -0.39 is 0 Å². The maximum atomic E-state index is 13.0. The number of hydrogen-bond acceptors (Lipinski definition) is 2. The van der Waals surface area contributed by atoms with Crippen molar-refractivity contribution >= 4 is 5.91 Å². The number of piperidine rings is 1. The third-order valence-corrected chi connectivity index (χ3v) is 4.92. The summed E-state index contributed by atoms with van der Waals surface area (Å²) in [6, 6.07) is 9.79. The maximum absolute atomic E-state index is 13.0. The van der Waals surface area contributed by atoms with Gasteiger partial charge in [0.2, 0.25) is 0 Å². The van der Waals surface area contributed by atoms with Gasteiger partial charge in [0.05, 0.1) is 0 Å². The molecule has 1 fully saturated rings. The zero-order valence-corrected chi connectivity index (χ0v) is 14.5. The van der Waals surface area contributed by atoms with Gasteiger partial charge in [-0.3, -0.25) is 9.59 Å². The summed E-state index contributed by atoms with van der Waals surface area (Å²) in [4.78, 5) is 26.3. The lowest BCUT2D eigenvalue weighted by Crippen LogP contribution is -2.39. The van der Waals surface area contributed by atoms with Crippen molar-refractivity contribution in [1.82, 2.24) is 9.47 Å². The van der Waals surface area contributed by atoms with Crippen LogP contribution in [0.5, 0.6) is 0 Å². The molecule has 5 heteroatoms. The fraction of sp³-hybridized carbons (Fsp3) is 0.400. The quantitative estimate of drug-likeness (QED) is 0.857. The monoisotopic (exact) mass is 342 g/mol. The molecule has 0 bridgehead atoms. The van der Waals surface area contributed by atoms with Gasteiger partial charge in [0, 0.05) is 37.5 Å². The van der Waals surface area contributed by atoms with Crippen molar-refractivity contribution < 1.29 is 9.18 Å². The van der Waals surface area contributed by atoms with Gasteiger partial charge in [0.25, 0.3) is 11.5 Å². The summed E-state index contributed by atoms with van der Waals surface area (Å²) in [6.45, 7) is 3.89. The van der Waals surface area contributed by atoms with Crippen molar-refractivity contribution in [2.75, 3.05) is 13.1 Å². The van der Waals surface area contributed by atoms with E-state index in [1.165, 1.54) is 18.2 Å². The van der Waals surface area contributed by atoms with E-state index in [2.05, 4.69) is 0 Å². The summed E-state index contributed by atoms with van der Waals surface area (Å²) in [5.74, 6) is 0.220. The van der Waals surface area contributed by atoms with Gasteiger partial charge in [-0.1, -0.05) is 12.1 Å². The molecule has 1 aliphatic rings. The number of rotatable bonds is 4. The van der Waals surface area contributed by atoms with E-state index in [0.29, 0.717) is 31.1 Å². The van der Waals surface area contributed by atoms with Crippen LogP contribution in [0.15, 0.2) is 47.4 Å². The number of benzene rings is 1. The van der Waals surface area contributed by atoms with Gasteiger partial charge in [-0.05, 0) is 55.9 Å². The average Bonchev–Trinajstić information content (AvgIpc) is 2.63. The fourth-order valence-electron chi connectivity index (χ4n) is 3.38. The van der Waals surface area contributed by atoms with Gasteiger partial charge in [-0.2, -0.15) is 0 Å². The Balaban J connectivity index is 1.58. The molecule has 1 saturated heterocycles. The average molecular weight is 342 g/mol. The van der Waals surface area contributed by atoms with E-state index in [0.717, 1.165) is 24.8 Å². The Morgan fingerprint density at radius 3 is 2.44 bits per heavy atom. The summed E-state index contributed by atoms with van der Waals surface area (Å²) in [6.07, 6.45) is 4.44. The molecule has 132 valence electrons. The molecule has 0 N–H and O–H groups in total. The third-order valence-electron chi connectivity index (χ3n) is 4.92. The van der Waals surface area contributed by atoms with E-state index in [4.69, 9.17) is 0 Å². The molecule has 0 aliphatic carbocycles. The summed E-state index contributed by atoms with van der Waals surface area (Å²) >= 11 is 0. The minimum Gasteiger partial charge on any atom is -0.339 e. The van der Waals surface area contributed by atoms with Crippen molar-refractivity contribution in [2.45, 2.75) is 32.7 Å². The van der Waals surface area contributed by atoms with Crippen LogP contribution in [-0.2, 0) is 13.0 Å². The van der Waals surface area contributed by atoms with Crippen LogP contribution in [-0.4, -0.2) is 28.5 Å². The Kier molecular flexibility index (Phi) is 5.31. The molecule has 2 aromatic rings. The van der Waals surface area contributed by atoms with Gasteiger partial charge in [-0.15, -0.1) is 0 Å². The molecule has 0 unspecified atom stereocenters. The minimum atomic E-state index is -0.214. The molecule has 4 nitrogen and oxygen atoms in total. The number of pyridine rings is 1. The van der Waals surface area contributed by atoms with Crippen LogP contribution in [0.4, 0.5) is 4.39 Å². The second-order valence-corrected chi connectivity index (χ2v) is 6.61. The largest absolute Gasteiger partial charge is 0.339 e. The number of aryl methyl sites for hydroxylation is 1. The summed E-state index contributed by atoms with van der Waals surface area (Å²) in [5.41, 5.74) is 1.46. The second-order valence-electron chi connectivity index (χ2n) is 6.61. The van der Waals surface area contributed by atoms with Crippen LogP contribution in [0.25, 0.3) is 0 Å². The Labute approximate surface area is 146 Å². The Morgan fingerprint density at radius 2 is 1.84 bits per heavy atom. The number of halogens is 1. The summed E-state index contributed by atoms with van der Waals surface area (Å²) in [5, 5.41) is 0. The van der Waals surface area contributed by atoms with Crippen molar-refractivity contribution in [3.05, 3.63) is 69.9 Å². The van der Waals surface area contributed by atoms with Crippen LogP contribution in [0, 0.1) is 11.7 Å². The van der Waals surface area contributed by atoms with Gasteiger partial charge in [-0.25, -0.2) is 4.39 Å². The lowest BCUT2D eigenvalue weighted by atomic mass is 9.90. The van der Waals surface area contributed by atoms with Crippen LogP contribution >= 0.6 is 0 Å². The Bertz CT molecular complexity index is 790. The fourth-order valence-corrected chi connectivity index (χ4v) is 3.38. The first-order chi connectivity index (χ1) is 12.1. The smallest absolute Gasteiger partial charge is 0.254 e. The molecule has 0 atom stereocenters.